The Balaban J connectivity index is 0.000000963. The van der Waals surface area contributed by atoms with E-state index in [1.54, 1.807) is 0 Å². The molecule has 3 aromatic rings. The summed E-state index contributed by atoms with van der Waals surface area (Å²) in [7, 11) is 0. The molecule has 15 heavy (non-hydrogen) atoms. The third-order valence-electron chi connectivity index (χ3n) is 2.77. The molecule has 0 saturated heterocycles. The van der Waals surface area contributed by atoms with E-state index in [0.29, 0.717) is 0 Å². The fraction of sp³-hybridized carbons (Fsp3) is 0.250. The van der Waals surface area contributed by atoms with Crippen LogP contribution in [0.1, 0.15) is 14.8 Å². The smallest absolute Gasteiger partial charge is 0.139 e. The van der Waals surface area contributed by atoms with Gasteiger partial charge in [0.2, 0.25) is 0 Å². The first kappa shape index (κ1) is 8.53. The summed E-state index contributed by atoms with van der Waals surface area (Å²) in [5.74, 6) is 0. The Hall–Kier alpha value is -1.77. The fourth-order valence-corrected chi connectivity index (χ4v) is 2.12. The minimum atomic E-state index is 0. The van der Waals surface area contributed by atoms with Crippen LogP contribution >= 0.6 is 0 Å². The minimum absolute atomic E-state index is 0. The second-order valence-electron chi connectivity index (χ2n) is 3.81. The molecule has 3 nitrogen and oxygen atoms in total. The minimum Gasteiger partial charge on any atom is -0.347 e. The predicted octanol–water partition coefficient (Wildman–Crippen LogP) is 3.17. The molecule has 0 spiro atoms. The number of nitrogens with zero attached hydrogens (tertiary/aromatic N) is 2. The highest BCUT2D eigenvalue weighted by Gasteiger charge is 2.06. The van der Waals surface area contributed by atoms with Gasteiger partial charge in [0.15, 0.2) is 0 Å². The van der Waals surface area contributed by atoms with Crippen LogP contribution in [-0.2, 0) is 6.54 Å². The zero-order chi connectivity index (χ0) is 10.3. The highest BCUT2D eigenvalue weighted by Crippen LogP contribution is 2.23. The van der Waals surface area contributed by atoms with E-state index in [2.05, 4.69) is 39.8 Å². The molecule has 0 atom stereocenters. The molecule has 3 rings (SSSR count). The van der Waals surface area contributed by atoms with Crippen LogP contribution in [0.3, 0.4) is 0 Å². The zero-order valence-electron chi connectivity index (χ0n) is 8.70. The number of aromatic amines is 1. The van der Waals surface area contributed by atoms with Crippen molar-refractivity contribution in [2.75, 3.05) is 0 Å². The van der Waals surface area contributed by atoms with Crippen LogP contribution in [0.5, 0.6) is 0 Å². The van der Waals surface area contributed by atoms with Gasteiger partial charge in [0.25, 0.3) is 0 Å². The Morgan fingerprint density at radius 3 is 3.27 bits per heavy atom. The fourth-order valence-electron chi connectivity index (χ4n) is 2.12. The number of aryl methyl sites for hydroxylation is 1. The van der Waals surface area contributed by atoms with Crippen LogP contribution in [0.25, 0.3) is 21.9 Å². The van der Waals surface area contributed by atoms with Crippen LogP contribution < -0.4 is 0 Å². The zero-order valence-corrected chi connectivity index (χ0v) is 8.70. The lowest BCUT2D eigenvalue weighted by Gasteiger charge is -2.03. The third-order valence-corrected chi connectivity index (χ3v) is 2.77. The standard InChI is InChI=1S/C12H13N3.H2/c1-2-6-15-7-4-9-8-14-12-10(11(9)15)3-5-13-12;/h3-5,7-8H,2,6H2,1H3,(H,13,14);1H. The lowest BCUT2D eigenvalue weighted by molar-refractivity contribution is 0.705. The van der Waals surface area contributed by atoms with Gasteiger partial charge in [-0.25, -0.2) is 4.98 Å². The number of H-pyrrole nitrogens is 1. The Morgan fingerprint density at radius 2 is 2.40 bits per heavy atom. The van der Waals surface area contributed by atoms with Gasteiger partial charge in [-0.15, -0.1) is 0 Å². The molecule has 0 aromatic carbocycles. The molecule has 0 bridgehead atoms. The van der Waals surface area contributed by atoms with Gasteiger partial charge in [0.05, 0.1) is 5.52 Å². The monoisotopic (exact) mass is 201 g/mol. The summed E-state index contributed by atoms with van der Waals surface area (Å²) in [5, 5.41) is 2.43. The van der Waals surface area contributed by atoms with Crippen molar-refractivity contribution in [2.24, 2.45) is 0 Å². The van der Waals surface area contributed by atoms with E-state index < -0.39 is 0 Å². The first-order valence-electron chi connectivity index (χ1n) is 5.31. The Bertz CT molecular complexity index is 609. The van der Waals surface area contributed by atoms with Gasteiger partial charge in [-0.2, -0.15) is 0 Å². The van der Waals surface area contributed by atoms with Crippen molar-refractivity contribution in [3.8, 4) is 0 Å². The number of hydrogen-bond donors (Lipinski definition) is 1. The first-order valence-corrected chi connectivity index (χ1v) is 5.31. The molecule has 0 aliphatic heterocycles. The van der Waals surface area contributed by atoms with E-state index in [-0.39, 0.29) is 1.43 Å². The van der Waals surface area contributed by atoms with Gasteiger partial charge in [-0.05, 0) is 18.6 Å². The van der Waals surface area contributed by atoms with E-state index in [1.807, 2.05) is 12.4 Å². The highest BCUT2D eigenvalue weighted by molar-refractivity contribution is 6.02. The van der Waals surface area contributed by atoms with Gasteiger partial charge >= 0.3 is 0 Å². The van der Waals surface area contributed by atoms with Gasteiger partial charge < -0.3 is 9.55 Å². The molecule has 78 valence electrons. The molecule has 0 fully saturated rings. The van der Waals surface area contributed by atoms with E-state index in [4.69, 9.17) is 0 Å². The predicted molar refractivity (Wildman–Crippen MR) is 64.0 cm³/mol. The summed E-state index contributed by atoms with van der Waals surface area (Å²) in [5.41, 5.74) is 2.27. The SMILES string of the molecule is CCCn1ccc2cnc3[nH]ccc3c21.[HH]. The van der Waals surface area contributed by atoms with Crippen molar-refractivity contribution in [3.63, 3.8) is 0 Å². The molecule has 0 saturated carbocycles. The second kappa shape index (κ2) is 3.12. The Labute approximate surface area is 89.2 Å². The van der Waals surface area contributed by atoms with Gasteiger partial charge in [-0.1, -0.05) is 6.92 Å². The average Bonchev–Trinajstić information content (AvgIpc) is 2.83. The topological polar surface area (TPSA) is 33.6 Å². The van der Waals surface area contributed by atoms with Crippen molar-refractivity contribution in [1.29, 1.82) is 0 Å². The van der Waals surface area contributed by atoms with Gasteiger partial charge in [-0.3, -0.25) is 0 Å². The van der Waals surface area contributed by atoms with Crippen molar-refractivity contribution >= 4 is 21.9 Å². The largest absolute Gasteiger partial charge is 0.347 e. The Kier molecular flexibility index (Phi) is 1.78. The summed E-state index contributed by atoms with van der Waals surface area (Å²) < 4.78 is 2.30. The van der Waals surface area contributed by atoms with Crippen molar-refractivity contribution < 1.29 is 1.43 Å². The number of rotatable bonds is 2. The summed E-state index contributed by atoms with van der Waals surface area (Å²) >= 11 is 0. The summed E-state index contributed by atoms with van der Waals surface area (Å²) in [6.45, 7) is 3.26. The number of nitrogens with one attached hydrogen (secondary N) is 1. The van der Waals surface area contributed by atoms with Gasteiger partial charge in [0, 0.05) is 37.3 Å². The van der Waals surface area contributed by atoms with Gasteiger partial charge in [0.1, 0.15) is 5.65 Å². The van der Waals surface area contributed by atoms with E-state index in [0.717, 1.165) is 18.6 Å². The van der Waals surface area contributed by atoms with Crippen molar-refractivity contribution in [2.45, 2.75) is 19.9 Å². The molecular formula is C12H15N3. The normalized spacial score (nSPS) is 11.5. The first-order chi connectivity index (χ1) is 7.40. The third kappa shape index (κ3) is 1.16. The molecule has 0 aliphatic carbocycles. The second-order valence-corrected chi connectivity index (χ2v) is 3.81. The molecule has 0 aliphatic rings. The maximum absolute atomic E-state index is 4.37. The number of hydrogen-bond acceptors (Lipinski definition) is 1. The molecule has 3 aromatic heterocycles. The van der Waals surface area contributed by atoms with Crippen molar-refractivity contribution in [3.05, 3.63) is 30.7 Å². The highest BCUT2D eigenvalue weighted by atomic mass is 15.0. The van der Waals surface area contributed by atoms with Crippen molar-refractivity contribution in [1.82, 2.24) is 14.5 Å². The summed E-state index contributed by atoms with van der Waals surface area (Å²) in [4.78, 5) is 7.52. The molecule has 0 radical (unpaired) electrons. The maximum Gasteiger partial charge on any atom is 0.139 e. The van der Waals surface area contributed by atoms with Crippen LogP contribution in [0.2, 0.25) is 0 Å². The Morgan fingerprint density at radius 1 is 1.47 bits per heavy atom. The molecule has 3 heteroatoms. The molecule has 0 amide bonds. The van der Waals surface area contributed by atoms with E-state index >= 15 is 0 Å². The van der Waals surface area contributed by atoms with Crippen LogP contribution in [0.15, 0.2) is 30.7 Å². The van der Waals surface area contributed by atoms with Crippen LogP contribution in [0.4, 0.5) is 0 Å². The van der Waals surface area contributed by atoms with E-state index in [9.17, 15) is 0 Å². The number of fused-ring (bicyclic) bond motifs is 3. The van der Waals surface area contributed by atoms with E-state index in [1.165, 1.54) is 16.3 Å². The molecule has 0 unspecified atom stereocenters. The van der Waals surface area contributed by atoms with Crippen LogP contribution in [-0.4, -0.2) is 14.5 Å². The molecule has 3 heterocycles. The summed E-state index contributed by atoms with van der Waals surface area (Å²) in [6, 6.07) is 4.22. The van der Waals surface area contributed by atoms with Crippen LogP contribution in [0, 0.1) is 0 Å². The molecular weight excluding hydrogens is 186 g/mol. The molecule has 1 N–H and O–H groups in total. The average molecular weight is 201 g/mol. The number of pyridine rings is 1. The maximum atomic E-state index is 4.37. The lowest BCUT2D eigenvalue weighted by Crippen LogP contribution is -1.94. The summed E-state index contributed by atoms with van der Waals surface area (Å²) in [6.07, 6.45) is 7.17. The quantitative estimate of drug-likeness (QED) is 0.678. The number of aromatic nitrogens is 3. The lowest BCUT2D eigenvalue weighted by atomic mass is 10.2.